The lowest BCUT2D eigenvalue weighted by molar-refractivity contribution is 0.768. The number of aliphatic imine (C=N–C) groups is 1. The van der Waals surface area contributed by atoms with Gasteiger partial charge in [-0.15, -0.1) is 0 Å². The molecule has 2 heterocycles. The Morgan fingerprint density at radius 1 is 1.16 bits per heavy atom. The average molecular weight is 349 g/mol. The van der Waals surface area contributed by atoms with E-state index in [9.17, 15) is 0 Å². The van der Waals surface area contributed by atoms with Crippen LogP contribution in [0, 0.1) is 0 Å². The van der Waals surface area contributed by atoms with Gasteiger partial charge in [-0.1, -0.05) is 31.2 Å². The predicted octanol–water partition coefficient (Wildman–Crippen LogP) is 4.36. The van der Waals surface area contributed by atoms with Crippen molar-refractivity contribution in [2.24, 2.45) is 12.0 Å². The number of hydrogen-bond acceptors (Lipinski definition) is 5. The minimum atomic E-state index is 0.734. The van der Waals surface area contributed by atoms with Crippen LogP contribution in [0.25, 0.3) is 11.1 Å². The number of rotatable bonds is 3. The highest BCUT2D eigenvalue weighted by atomic mass is 32.2. The molecule has 0 unspecified atom stereocenters. The number of hydrogen-bond donors (Lipinski definition) is 2. The van der Waals surface area contributed by atoms with Crippen molar-refractivity contribution in [1.29, 1.82) is 0 Å². The molecule has 0 saturated carbocycles. The summed E-state index contributed by atoms with van der Waals surface area (Å²) in [4.78, 5) is 5.91. The van der Waals surface area contributed by atoms with Gasteiger partial charge in [0.2, 0.25) is 5.96 Å². The van der Waals surface area contributed by atoms with Crippen molar-refractivity contribution >= 4 is 29.3 Å². The fraction of sp³-hybridized carbons (Fsp3) is 0.158. The van der Waals surface area contributed by atoms with Crippen LogP contribution in [-0.4, -0.2) is 15.7 Å². The fourth-order valence-corrected chi connectivity index (χ4v) is 3.47. The molecule has 0 spiro atoms. The predicted molar refractivity (Wildman–Crippen MR) is 104 cm³/mol. The minimum Gasteiger partial charge on any atom is -0.325 e. The molecule has 0 saturated heterocycles. The third kappa shape index (κ3) is 3.25. The normalized spacial score (nSPS) is 13.0. The molecule has 2 N–H and O–H groups in total. The Balaban J connectivity index is 1.66. The number of aromatic nitrogens is 2. The van der Waals surface area contributed by atoms with E-state index in [1.165, 1.54) is 5.56 Å². The van der Waals surface area contributed by atoms with Gasteiger partial charge in [0.1, 0.15) is 0 Å². The lowest BCUT2D eigenvalue weighted by Gasteiger charge is -2.19. The third-order valence-corrected chi connectivity index (χ3v) is 4.97. The molecule has 1 aliphatic heterocycles. The van der Waals surface area contributed by atoms with E-state index in [4.69, 9.17) is 4.99 Å². The molecule has 0 atom stereocenters. The van der Waals surface area contributed by atoms with E-state index in [0.29, 0.717) is 0 Å². The SMILES string of the molecule is CCc1ccc(NC2=Nc3c(cccc3-c3cnn(C)c3)SN2)cc1. The molecule has 0 fully saturated rings. The van der Waals surface area contributed by atoms with Crippen molar-refractivity contribution in [1.82, 2.24) is 14.5 Å². The quantitative estimate of drug-likeness (QED) is 0.690. The van der Waals surface area contributed by atoms with Gasteiger partial charge in [-0.05, 0) is 42.1 Å². The molecule has 25 heavy (non-hydrogen) atoms. The second kappa shape index (κ2) is 6.64. The number of benzene rings is 2. The summed E-state index contributed by atoms with van der Waals surface area (Å²) in [6.07, 6.45) is 4.92. The molecule has 1 aromatic heterocycles. The zero-order chi connectivity index (χ0) is 17.2. The molecule has 0 radical (unpaired) electrons. The van der Waals surface area contributed by atoms with E-state index in [0.717, 1.165) is 39.8 Å². The summed E-state index contributed by atoms with van der Waals surface area (Å²) >= 11 is 1.57. The molecule has 0 aliphatic carbocycles. The zero-order valence-corrected chi connectivity index (χ0v) is 15.0. The maximum Gasteiger partial charge on any atom is 0.211 e. The summed E-state index contributed by atoms with van der Waals surface area (Å²) in [6, 6.07) is 14.6. The van der Waals surface area contributed by atoms with Gasteiger partial charge in [-0.2, -0.15) is 5.10 Å². The van der Waals surface area contributed by atoms with Gasteiger partial charge in [0.05, 0.1) is 16.8 Å². The number of nitrogens with zero attached hydrogens (tertiary/aromatic N) is 3. The van der Waals surface area contributed by atoms with Crippen LogP contribution >= 0.6 is 11.9 Å². The second-order valence-electron chi connectivity index (χ2n) is 5.90. The van der Waals surface area contributed by atoms with E-state index in [-0.39, 0.29) is 0 Å². The van der Waals surface area contributed by atoms with E-state index in [1.54, 1.807) is 16.6 Å². The Labute approximate surface area is 151 Å². The Kier molecular flexibility index (Phi) is 4.19. The molecule has 2 aromatic carbocycles. The lowest BCUT2D eigenvalue weighted by Crippen LogP contribution is -2.26. The third-order valence-electron chi connectivity index (χ3n) is 4.12. The first-order valence-electron chi connectivity index (χ1n) is 8.22. The van der Waals surface area contributed by atoms with Crippen LogP contribution in [0.1, 0.15) is 12.5 Å². The number of nitrogens with one attached hydrogen (secondary N) is 2. The molecular formula is C19H19N5S. The molecular weight excluding hydrogens is 330 g/mol. The van der Waals surface area contributed by atoms with Crippen molar-refractivity contribution in [3.05, 3.63) is 60.4 Å². The number of para-hydroxylation sites is 1. The highest BCUT2D eigenvalue weighted by Crippen LogP contribution is 2.39. The van der Waals surface area contributed by atoms with Crippen LogP contribution in [0.4, 0.5) is 11.4 Å². The fourth-order valence-electron chi connectivity index (χ4n) is 2.77. The molecule has 6 heteroatoms. The number of guanidine groups is 1. The number of aryl methyl sites for hydroxylation is 2. The van der Waals surface area contributed by atoms with Crippen molar-refractivity contribution in [3.63, 3.8) is 0 Å². The average Bonchev–Trinajstić information content (AvgIpc) is 3.08. The van der Waals surface area contributed by atoms with Gasteiger partial charge in [-0.3, -0.25) is 9.40 Å². The highest BCUT2D eigenvalue weighted by molar-refractivity contribution is 7.98. The summed E-state index contributed by atoms with van der Waals surface area (Å²) in [6.45, 7) is 2.16. The molecule has 0 bridgehead atoms. The monoisotopic (exact) mass is 349 g/mol. The van der Waals surface area contributed by atoms with Crippen LogP contribution < -0.4 is 10.0 Å². The van der Waals surface area contributed by atoms with E-state index >= 15 is 0 Å². The summed E-state index contributed by atoms with van der Waals surface area (Å²) < 4.78 is 5.08. The van der Waals surface area contributed by atoms with Crippen LogP contribution in [0.5, 0.6) is 0 Å². The largest absolute Gasteiger partial charge is 0.325 e. The lowest BCUT2D eigenvalue weighted by atomic mass is 10.1. The maximum atomic E-state index is 4.81. The van der Waals surface area contributed by atoms with Crippen LogP contribution in [0.2, 0.25) is 0 Å². The van der Waals surface area contributed by atoms with Gasteiger partial charge < -0.3 is 5.32 Å². The van der Waals surface area contributed by atoms with Crippen molar-refractivity contribution < 1.29 is 0 Å². The first kappa shape index (κ1) is 15.8. The van der Waals surface area contributed by atoms with Crippen molar-refractivity contribution in [2.75, 3.05) is 5.32 Å². The Bertz CT molecular complexity index is 927. The summed E-state index contributed by atoms with van der Waals surface area (Å²) in [5, 5.41) is 7.63. The summed E-state index contributed by atoms with van der Waals surface area (Å²) in [5.41, 5.74) is 5.46. The standard InChI is InChI=1S/C19H19N5S/c1-3-13-7-9-15(10-8-13)21-19-22-18-16(14-11-20-24(2)12-14)5-4-6-17(18)25-23-19/h4-12H,3H2,1-2H3,(H2,21,22,23). The molecule has 1 aliphatic rings. The van der Waals surface area contributed by atoms with Crippen molar-refractivity contribution in [2.45, 2.75) is 18.2 Å². The van der Waals surface area contributed by atoms with E-state index < -0.39 is 0 Å². The van der Waals surface area contributed by atoms with E-state index in [2.05, 4.69) is 58.5 Å². The van der Waals surface area contributed by atoms with Crippen LogP contribution in [0.15, 0.2) is 64.7 Å². The van der Waals surface area contributed by atoms with Crippen LogP contribution in [-0.2, 0) is 13.5 Å². The smallest absolute Gasteiger partial charge is 0.211 e. The van der Waals surface area contributed by atoms with Crippen molar-refractivity contribution in [3.8, 4) is 11.1 Å². The van der Waals surface area contributed by atoms with Gasteiger partial charge in [0, 0.05) is 30.1 Å². The highest BCUT2D eigenvalue weighted by Gasteiger charge is 2.17. The molecule has 5 nitrogen and oxygen atoms in total. The minimum absolute atomic E-state index is 0.734. The van der Waals surface area contributed by atoms with E-state index in [1.807, 2.05) is 25.5 Å². The summed E-state index contributed by atoms with van der Waals surface area (Å²) in [7, 11) is 1.92. The van der Waals surface area contributed by atoms with Gasteiger partial charge in [-0.25, -0.2) is 4.99 Å². The first-order chi connectivity index (χ1) is 12.2. The Morgan fingerprint density at radius 3 is 2.72 bits per heavy atom. The molecule has 126 valence electrons. The molecule has 0 amide bonds. The molecule has 3 aromatic rings. The first-order valence-corrected chi connectivity index (χ1v) is 9.04. The Morgan fingerprint density at radius 2 is 2.00 bits per heavy atom. The van der Waals surface area contributed by atoms with Gasteiger partial charge >= 0.3 is 0 Å². The van der Waals surface area contributed by atoms with Gasteiger partial charge in [0.15, 0.2) is 0 Å². The second-order valence-corrected chi connectivity index (χ2v) is 6.74. The molecule has 4 rings (SSSR count). The Hall–Kier alpha value is -2.73. The number of fused-ring (bicyclic) bond motifs is 1. The van der Waals surface area contributed by atoms with Gasteiger partial charge in [0.25, 0.3) is 0 Å². The van der Waals surface area contributed by atoms with Crippen LogP contribution in [0.3, 0.4) is 0 Å². The summed E-state index contributed by atoms with van der Waals surface area (Å²) in [5.74, 6) is 0.734. The topological polar surface area (TPSA) is 54.2 Å². The zero-order valence-electron chi connectivity index (χ0n) is 14.2. The maximum absolute atomic E-state index is 4.81. The number of anilines is 1.